The van der Waals surface area contributed by atoms with Gasteiger partial charge in [-0.15, -0.1) is 0 Å². The van der Waals surface area contributed by atoms with Crippen LogP contribution in [0.3, 0.4) is 0 Å². The number of ether oxygens (including phenoxy) is 1. The van der Waals surface area contributed by atoms with Gasteiger partial charge in [0.15, 0.2) is 0 Å². The van der Waals surface area contributed by atoms with Crippen LogP contribution in [0.15, 0.2) is 18.2 Å². The number of hydrogen-bond acceptors (Lipinski definition) is 2. The molecule has 1 saturated heterocycles. The largest absolute Gasteiger partial charge is 0.368 e. The second kappa shape index (κ2) is 6.00. The quantitative estimate of drug-likeness (QED) is 0.908. The molecule has 1 heterocycles. The highest BCUT2D eigenvalue weighted by Crippen LogP contribution is 2.29. The third kappa shape index (κ3) is 3.44. The van der Waals surface area contributed by atoms with E-state index in [0.717, 1.165) is 25.1 Å². The van der Waals surface area contributed by atoms with E-state index in [4.69, 9.17) is 16.3 Å². The first-order chi connectivity index (χ1) is 8.56. The molecule has 0 aliphatic carbocycles. The molecule has 2 nitrogen and oxygen atoms in total. The van der Waals surface area contributed by atoms with Gasteiger partial charge < -0.3 is 10.1 Å². The van der Waals surface area contributed by atoms with Crippen molar-refractivity contribution in [2.45, 2.75) is 32.5 Å². The van der Waals surface area contributed by atoms with Gasteiger partial charge in [0.05, 0.1) is 12.2 Å². The minimum atomic E-state index is -0.314. The summed E-state index contributed by atoms with van der Waals surface area (Å²) in [6.07, 6.45) is 1.13. The van der Waals surface area contributed by atoms with Crippen molar-refractivity contribution in [2.75, 3.05) is 13.1 Å². The first-order valence-electron chi connectivity index (χ1n) is 6.37. The van der Waals surface area contributed by atoms with Crippen LogP contribution in [0, 0.1) is 11.7 Å². The van der Waals surface area contributed by atoms with Gasteiger partial charge in [-0.05, 0) is 24.5 Å². The topological polar surface area (TPSA) is 21.3 Å². The maximum atomic E-state index is 13.0. The molecule has 0 amide bonds. The molecule has 1 N–H and O–H groups in total. The smallest absolute Gasteiger partial charge is 0.124 e. The zero-order chi connectivity index (χ0) is 13.1. The molecule has 1 aliphatic rings. The minimum Gasteiger partial charge on any atom is -0.368 e. The third-order valence-corrected chi connectivity index (χ3v) is 3.43. The van der Waals surface area contributed by atoms with E-state index in [-0.39, 0.29) is 18.0 Å². The van der Waals surface area contributed by atoms with E-state index in [9.17, 15) is 4.39 Å². The van der Waals surface area contributed by atoms with Gasteiger partial charge in [0, 0.05) is 23.7 Å². The third-order valence-electron chi connectivity index (χ3n) is 3.10. The first kappa shape index (κ1) is 13.8. The Kier molecular flexibility index (Phi) is 4.60. The van der Waals surface area contributed by atoms with Gasteiger partial charge in [-0.1, -0.05) is 31.5 Å². The molecule has 0 radical (unpaired) electrons. The molecule has 1 aromatic carbocycles. The zero-order valence-electron chi connectivity index (χ0n) is 10.7. The standard InChI is InChI=1S/C14H19ClFNO/c1-9(2)5-11-7-17-8-14(18-11)12-4-3-10(16)6-13(12)15/h3-4,6,9,11,14,17H,5,7-8H2,1-2H3. The van der Waals surface area contributed by atoms with Crippen LogP contribution in [0.2, 0.25) is 5.02 Å². The van der Waals surface area contributed by atoms with Gasteiger partial charge in [-0.25, -0.2) is 4.39 Å². The molecule has 4 heteroatoms. The lowest BCUT2D eigenvalue weighted by atomic mass is 10.0. The summed E-state index contributed by atoms with van der Waals surface area (Å²) in [5, 5.41) is 3.79. The van der Waals surface area contributed by atoms with E-state index < -0.39 is 0 Å². The maximum absolute atomic E-state index is 13.0. The van der Waals surface area contributed by atoms with Crippen LogP contribution >= 0.6 is 11.6 Å². The Morgan fingerprint density at radius 3 is 2.89 bits per heavy atom. The molecular formula is C14H19ClFNO. The van der Waals surface area contributed by atoms with E-state index in [1.807, 2.05) is 0 Å². The van der Waals surface area contributed by atoms with E-state index >= 15 is 0 Å². The number of benzene rings is 1. The van der Waals surface area contributed by atoms with Crippen LogP contribution in [0.5, 0.6) is 0 Å². The van der Waals surface area contributed by atoms with Gasteiger partial charge in [-0.3, -0.25) is 0 Å². The highest BCUT2D eigenvalue weighted by atomic mass is 35.5. The van der Waals surface area contributed by atoms with Crippen molar-refractivity contribution >= 4 is 11.6 Å². The van der Waals surface area contributed by atoms with Crippen molar-refractivity contribution < 1.29 is 9.13 Å². The Balaban J connectivity index is 2.08. The minimum absolute atomic E-state index is 0.0874. The summed E-state index contributed by atoms with van der Waals surface area (Å²) in [5.41, 5.74) is 0.860. The summed E-state index contributed by atoms with van der Waals surface area (Å²) in [4.78, 5) is 0. The fraction of sp³-hybridized carbons (Fsp3) is 0.571. The second-order valence-electron chi connectivity index (χ2n) is 5.20. The van der Waals surface area contributed by atoms with Gasteiger partial charge in [-0.2, -0.15) is 0 Å². The molecular weight excluding hydrogens is 253 g/mol. The summed E-state index contributed by atoms with van der Waals surface area (Å²) < 4.78 is 19.1. The normalized spacial score (nSPS) is 24.5. The fourth-order valence-electron chi connectivity index (χ4n) is 2.31. The average molecular weight is 272 g/mol. The van der Waals surface area contributed by atoms with Crippen LogP contribution in [-0.2, 0) is 4.74 Å². The van der Waals surface area contributed by atoms with Crippen molar-refractivity contribution in [1.82, 2.24) is 5.32 Å². The molecule has 0 aromatic heterocycles. The monoisotopic (exact) mass is 271 g/mol. The van der Waals surface area contributed by atoms with Crippen molar-refractivity contribution in [3.63, 3.8) is 0 Å². The Labute approximate surface area is 112 Å². The molecule has 2 rings (SSSR count). The van der Waals surface area contributed by atoms with E-state index in [2.05, 4.69) is 19.2 Å². The predicted octanol–water partition coefficient (Wildman–Crippen LogP) is 3.55. The average Bonchev–Trinajstić information content (AvgIpc) is 2.28. The number of halogens is 2. The second-order valence-corrected chi connectivity index (χ2v) is 5.61. The molecule has 0 saturated carbocycles. The lowest BCUT2D eigenvalue weighted by Gasteiger charge is -2.32. The summed E-state index contributed by atoms with van der Waals surface area (Å²) in [6, 6.07) is 4.48. The zero-order valence-corrected chi connectivity index (χ0v) is 11.5. The Morgan fingerprint density at radius 2 is 2.22 bits per heavy atom. The SMILES string of the molecule is CC(C)CC1CNCC(c2ccc(F)cc2Cl)O1. The Morgan fingerprint density at radius 1 is 1.44 bits per heavy atom. The highest BCUT2D eigenvalue weighted by molar-refractivity contribution is 6.31. The van der Waals surface area contributed by atoms with E-state index in [1.165, 1.54) is 12.1 Å². The predicted molar refractivity (Wildman–Crippen MR) is 71.3 cm³/mol. The summed E-state index contributed by atoms with van der Waals surface area (Å²) in [6.45, 7) is 5.95. The van der Waals surface area contributed by atoms with Crippen LogP contribution in [0.4, 0.5) is 4.39 Å². The fourth-order valence-corrected chi connectivity index (χ4v) is 2.60. The number of hydrogen-bond donors (Lipinski definition) is 1. The summed E-state index contributed by atoms with van der Waals surface area (Å²) in [5.74, 6) is 0.283. The number of nitrogens with one attached hydrogen (secondary N) is 1. The van der Waals surface area contributed by atoms with Gasteiger partial charge in [0.1, 0.15) is 5.82 Å². The summed E-state index contributed by atoms with van der Waals surface area (Å²) in [7, 11) is 0. The Hall–Kier alpha value is -0.640. The van der Waals surface area contributed by atoms with E-state index in [0.29, 0.717) is 10.9 Å². The number of rotatable bonds is 3. The number of morpholine rings is 1. The van der Waals surface area contributed by atoms with Gasteiger partial charge >= 0.3 is 0 Å². The van der Waals surface area contributed by atoms with E-state index in [1.54, 1.807) is 6.07 Å². The molecule has 1 fully saturated rings. The maximum Gasteiger partial charge on any atom is 0.124 e. The molecule has 100 valence electrons. The molecule has 2 unspecified atom stereocenters. The van der Waals surface area contributed by atoms with Crippen LogP contribution in [-0.4, -0.2) is 19.2 Å². The molecule has 1 aromatic rings. The van der Waals surface area contributed by atoms with Crippen LogP contribution in [0.1, 0.15) is 31.9 Å². The molecule has 2 atom stereocenters. The van der Waals surface area contributed by atoms with Crippen molar-refractivity contribution in [2.24, 2.45) is 5.92 Å². The molecule has 0 bridgehead atoms. The molecule has 0 spiro atoms. The van der Waals surface area contributed by atoms with Crippen molar-refractivity contribution in [3.8, 4) is 0 Å². The van der Waals surface area contributed by atoms with Crippen molar-refractivity contribution in [1.29, 1.82) is 0 Å². The van der Waals surface area contributed by atoms with Crippen LogP contribution < -0.4 is 5.32 Å². The van der Waals surface area contributed by atoms with Gasteiger partial charge in [0.25, 0.3) is 0 Å². The molecule has 1 aliphatic heterocycles. The summed E-state index contributed by atoms with van der Waals surface area (Å²) >= 11 is 6.07. The lowest BCUT2D eigenvalue weighted by molar-refractivity contribution is -0.0473. The lowest BCUT2D eigenvalue weighted by Crippen LogP contribution is -2.41. The van der Waals surface area contributed by atoms with Crippen LogP contribution in [0.25, 0.3) is 0 Å². The first-order valence-corrected chi connectivity index (χ1v) is 6.75. The molecule has 18 heavy (non-hydrogen) atoms. The highest BCUT2D eigenvalue weighted by Gasteiger charge is 2.25. The van der Waals surface area contributed by atoms with Gasteiger partial charge in [0.2, 0.25) is 0 Å². The Bertz CT molecular complexity index is 411. The van der Waals surface area contributed by atoms with Crippen molar-refractivity contribution in [3.05, 3.63) is 34.6 Å².